The number of carbonyl (C=O) groups is 1. The minimum absolute atomic E-state index is 0.0550. The molecule has 0 spiro atoms. The molecule has 2 saturated heterocycles. The van der Waals surface area contributed by atoms with Gasteiger partial charge in [0.1, 0.15) is 11.3 Å². The summed E-state index contributed by atoms with van der Waals surface area (Å²) in [5.41, 5.74) is 3.04. The maximum Gasteiger partial charge on any atom is 0.345 e. The Labute approximate surface area is 256 Å². The second-order valence-electron chi connectivity index (χ2n) is 13.3. The summed E-state index contributed by atoms with van der Waals surface area (Å²) in [6.07, 6.45) is 11.7. The van der Waals surface area contributed by atoms with Crippen molar-refractivity contribution in [2.24, 2.45) is 23.7 Å². The standard InChI is InChI=1S/C36H49NO6/c1-5-7-8-11-22-12-9-13-23(18-22)24-15-16-25-26(24)19-28-31-21(3)33(35-34(41-4)27(20-38)36(40)43-35)42-30(31)14-10-17-37(28)32(25)29(39)6-2/h9,12-14,18,21,24-26,28-29,31-32,38-39H,5-8,10-11,15-17,19-20H2,1-4H3/t21-,24+,25-,26-,28+,29-,31-,32-/m0/s1. The Morgan fingerprint density at radius 2 is 1.98 bits per heavy atom. The van der Waals surface area contributed by atoms with Gasteiger partial charge in [-0.15, -0.1) is 0 Å². The van der Waals surface area contributed by atoms with Gasteiger partial charge in [0.05, 0.1) is 19.8 Å². The van der Waals surface area contributed by atoms with Gasteiger partial charge in [0, 0.05) is 30.5 Å². The summed E-state index contributed by atoms with van der Waals surface area (Å²) in [4.78, 5) is 15.1. The van der Waals surface area contributed by atoms with Crippen LogP contribution in [0.2, 0.25) is 0 Å². The molecule has 43 heavy (non-hydrogen) atoms. The van der Waals surface area contributed by atoms with Gasteiger partial charge in [0.2, 0.25) is 5.76 Å². The van der Waals surface area contributed by atoms with Gasteiger partial charge in [-0.25, -0.2) is 4.79 Å². The molecule has 7 nitrogen and oxygen atoms in total. The van der Waals surface area contributed by atoms with E-state index in [1.165, 1.54) is 37.5 Å². The first-order chi connectivity index (χ1) is 20.9. The predicted octanol–water partition coefficient (Wildman–Crippen LogP) is 5.97. The molecule has 0 unspecified atom stereocenters. The molecule has 8 atom stereocenters. The van der Waals surface area contributed by atoms with Crippen molar-refractivity contribution in [3.8, 4) is 0 Å². The first kappa shape index (κ1) is 30.4. The van der Waals surface area contributed by atoms with Gasteiger partial charge in [-0.1, -0.05) is 57.9 Å². The number of benzene rings is 1. The number of carbonyl (C=O) groups excluding carboxylic acids is 1. The summed E-state index contributed by atoms with van der Waals surface area (Å²) in [6, 6.07) is 9.65. The summed E-state index contributed by atoms with van der Waals surface area (Å²) in [7, 11) is 1.49. The fourth-order valence-electron chi connectivity index (χ4n) is 9.08. The maximum absolute atomic E-state index is 12.5. The van der Waals surface area contributed by atoms with E-state index in [0.717, 1.165) is 50.8 Å². The Morgan fingerprint density at radius 1 is 1.14 bits per heavy atom. The first-order valence-electron chi connectivity index (χ1n) is 16.7. The van der Waals surface area contributed by atoms with Gasteiger partial charge in [-0.3, -0.25) is 4.90 Å². The molecule has 1 aromatic rings. The predicted molar refractivity (Wildman–Crippen MR) is 165 cm³/mol. The molecule has 7 heteroatoms. The van der Waals surface area contributed by atoms with E-state index in [-0.39, 0.29) is 41.4 Å². The summed E-state index contributed by atoms with van der Waals surface area (Å²) in [6.45, 7) is 6.97. The van der Waals surface area contributed by atoms with Crippen LogP contribution in [0.5, 0.6) is 0 Å². The molecule has 3 fully saturated rings. The monoisotopic (exact) mass is 591 g/mol. The topological polar surface area (TPSA) is 88.5 Å². The Hall–Kier alpha value is -2.61. The second-order valence-corrected chi connectivity index (χ2v) is 13.3. The lowest BCUT2D eigenvalue weighted by Gasteiger charge is -2.52. The molecule has 5 aliphatic rings. The molecule has 4 heterocycles. The number of aliphatic hydroxyl groups is 2. The van der Waals surface area contributed by atoms with Crippen LogP contribution in [0, 0.1) is 23.7 Å². The minimum atomic E-state index is -0.585. The molecule has 1 aliphatic carbocycles. The quantitative estimate of drug-likeness (QED) is 0.270. The van der Waals surface area contributed by atoms with Crippen molar-refractivity contribution in [3.63, 3.8) is 0 Å². The third-order valence-corrected chi connectivity index (χ3v) is 11.1. The van der Waals surface area contributed by atoms with Crippen LogP contribution < -0.4 is 0 Å². The number of unbranched alkanes of at least 4 members (excludes halogenated alkanes) is 2. The molecular formula is C36H49NO6. The van der Waals surface area contributed by atoms with Crippen molar-refractivity contribution in [1.29, 1.82) is 0 Å². The van der Waals surface area contributed by atoms with Gasteiger partial charge in [0.25, 0.3) is 0 Å². The highest BCUT2D eigenvalue weighted by atomic mass is 16.6. The molecule has 0 aromatic heterocycles. The maximum atomic E-state index is 12.5. The van der Waals surface area contributed by atoms with Crippen molar-refractivity contribution in [1.82, 2.24) is 4.90 Å². The normalized spacial score (nSPS) is 34.6. The zero-order valence-corrected chi connectivity index (χ0v) is 26.3. The SMILES string of the molecule is CCCCCc1cccc([C@H]2CC[C@H]3[C@H]2C[C@@H]2[C@H]4C(=CCCN2[C@@H]3[C@@H](O)CC)OC(=C2OC(=O)C(CO)=C2OC)[C@H]4C)c1. The molecule has 6 rings (SSSR count). The summed E-state index contributed by atoms with van der Waals surface area (Å²) < 4.78 is 17.7. The number of nitrogens with zero attached hydrogens (tertiary/aromatic N) is 1. The third-order valence-electron chi connectivity index (χ3n) is 11.1. The van der Waals surface area contributed by atoms with E-state index < -0.39 is 12.6 Å². The fourth-order valence-corrected chi connectivity index (χ4v) is 9.08. The zero-order valence-electron chi connectivity index (χ0n) is 26.3. The minimum Gasteiger partial charge on any atom is -0.492 e. The van der Waals surface area contributed by atoms with Crippen molar-refractivity contribution >= 4 is 5.97 Å². The molecule has 2 N–H and O–H groups in total. The molecule has 0 amide bonds. The number of hydrogen-bond donors (Lipinski definition) is 2. The molecule has 234 valence electrons. The Bertz CT molecular complexity index is 1300. The van der Waals surface area contributed by atoms with E-state index in [1.54, 1.807) is 0 Å². The van der Waals surface area contributed by atoms with Crippen LogP contribution in [0.4, 0.5) is 0 Å². The third kappa shape index (κ3) is 5.36. The second kappa shape index (κ2) is 12.8. The van der Waals surface area contributed by atoms with Gasteiger partial charge < -0.3 is 24.4 Å². The van der Waals surface area contributed by atoms with Crippen molar-refractivity contribution in [2.75, 3.05) is 20.3 Å². The molecule has 1 saturated carbocycles. The van der Waals surface area contributed by atoms with Gasteiger partial charge in [-0.2, -0.15) is 0 Å². The molecule has 0 bridgehead atoms. The Balaban J connectivity index is 1.35. The summed E-state index contributed by atoms with van der Waals surface area (Å²) >= 11 is 0. The molecule has 1 aromatic carbocycles. The molecule has 0 radical (unpaired) electrons. The van der Waals surface area contributed by atoms with E-state index in [1.807, 2.05) is 0 Å². The van der Waals surface area contributed by atoms with E-state index in [4.69, 9.17) is 14.2 Å². The van der Waals surface area contributed by atoms with E-state index in [2.05, 4.69) is 56.0 Å². The number of allylic oxidation sites excluding steroid dienone is 1. The Morgan fingerprint density at radius 3 is 2.72 bits per heavy atom. The highest BCUT2D eigenvalue weighted by molar-refractivity contribution is 5.94. The number of hydrogen-bond acceptors (Lipinski definition) is 7. The van der Waals surface area contributed by atoms with Crippen LogP contribution >= 0.6 is 0 Å². The lowest BCUT2D eigenvalue weighted by Crippen LogP contribution is -2.60. The smallest absolute Gasteiger partial charge is 0.345 e. The number of piperidine rings is 1. The number of aliphatic hydroxyl groups excluding tert-OH is 2. The number of esters is 1. The van der Waals surface area contributed by atoms with Crippen molar-refractivity contribution < 1.29 is 29.2 Å². The van der Waals surface area contributed by atoms with Crippen molar-refractivity contribution in [2.45, 2.75) is 103 Å². The van der Waals surface area contributed by atoms with E-state index >= 15 is 0 Å². The average molecular weight is 592 g/mol. The molecule has 4 aliphatic heterocycles. The van der Waals surface area contributed by atoms with Crippen LogP contribution in [0.3, 0.4) is 0 Å². The number of aryl methyl sites for hydroxylation is 1. The van der Waals surface area contributed by atoms with Gasteiger partial charge >= 0.3 is 5.97 Å². The number of ether oxygens (including phenoxy) is 3. The number of cyclic esters (lactones) is 1. The van der Waals surface area contributed by atoms with Gasteiger partial charge in [-0.05, 0) is 79.9 Å². The summed E-state index contributed by atoms with van der Waals surface area (Å²) in [5, 5.41) is 21.4. The Kier molecular flexibility index (Phi) is 9.04. The van der Waals surface area contributed by atoms with Crippen LogP contribution in [-0.2, 0) is 25.4 Å². The zero-order chi connectivity index (χ0) is 30.2. The van der Waals surface area contributed by atoms with E-state index in [0.29, 0.717) is 29.3 Å². The summed E-state index contributed by atoms with van der Waals surface area (Å²) in [5.74, 6) is 2.97. The van der Waals surface area contributed by atoms with Gasteiger partial charge in [0.15, 0.2) is 11.5 Å². The first-order valence-corrected chi connectivity index (χ1v) is 16.7. The lowest BCUT2D eigenvalue weighted by molar-refractivity contribution is -0.133. The fraction of sp³-hybridized carbons (Fsp3) is 0.639. The lowest BCUT2D eigenvalue weighted by atomic mass is 9.68. The highest BCUT2D eigenvalue weighted by Crippen LogP contribution is 2.57. The molecular weight excluding hydrogens is 542 g/mol. The van der Waals surface area contributed by atoms with E-state index in [9.17, 15) is 15.0 Å². The van der Waals surface area contributed by atoms with Crippen molar-refractivity contribution in [3.05, 3.63) is 70.1 Å². The van der Waals surface area contributed by atoms with Crippen LogP contribution in [0.25, 0.3) is 0 Å². The van der Waals surface area contributed by atoms with Crippen LogP contribution in [0.1, 0.15) is 89.2 Å². The number of methoxy groups -OCH3 is 1. The largest absolute Gasteiger partial charge is 0.492 e. The number of rotatable bonds is 9. The highest BCUT2D eigenvalue weighted by Gasteiger charge is 2.56. The average Bonchev–Trinajstić information content (AvgIpc) is 3.64. The van der Waals surface area contributed by atoms with Crippen LogP contribution in [0.15, 0.2) is 59.0 Å². The number of fused-ring (bicyclic) bond motifs is 4. The van der Waals surface area contributed by atoms with Crippen LogP contribution in [-0.4, -0.2) is 59.5 Å².